The maximum absolute atomic E-state index is 12.2. The van der Waals surface area contributed by atoms with E-state index in [0.29, 0.717) is 11.1 Å². The van der Waals surface area contributed by atoms with Crippen molar-refractivity contribution in [1.82, 2.24) is 0 Å². The summed E-state index contributed by atoms with van der Waals surface area (Å²) in [5.41, 5.74) is -0.0707. The molecule has 0 radical (unpaired) electrons. The van der Waals surface area contributed by atoms with E-state index in [1.54, 1.807) is 31.2 Å². The van der Waals surface area contributed by atoms with Gasteiger partial charge in [-0.05, 0) is 12.5 Å². The normalized spacial score (nSPS) is 33.2. The maximum Gasteiger partial charge on any atom is 0.344 e. The highest BCUT2D eigenvalue weighted by Crippen LogP contribution is 2.58. The standard InChI is InChI=1S/C12H8Cl2O3/c1-11-8(12(13,14)10(16)17-11)6-4-2-3-5-7(6)9(11)15/h2-5,8H,1H3/t8-,11-/m0/s1. The van der Waals surface area contributed by atoms with Crippen LogP contribution in [0.15, 0.2) is 24.3 Å². The molecule has 0 unspecified atom stereocenters. The van der Waals surface area contributed by atoms with Crippen LogP contribution in [0, 0.1) is 0 Å². The molecule has 1 aliphatic carbocycles. The summed E-state index contributed by atoms with van der Waals surface area (Å²) in [6, 6.07) is 6.99. The van der Waals surface area contributed by atoms with Gasteiger partial charge in [0.1, 0.15) is 0 Å². The van der Waals surface area contributed by atoms with Gasteiger partial charge in [-0.25, -0.2) is 4.79 Å². The minimum absolute atomic E-state index is 0.241. The van der Waals surface area contributed by atoms with Crippen molar-refractivity contribution >= 4 is 35.0 Å². The second kappa shape index (κ2) is 3.03. The molecule has 5 heteroatoms. The molecule has 0 bridgehead atoms. The van der Waals surface area contributed by atoms with E-state index in [-0.39, 0.29) is 5.78 Å². The smallest absolute Gasteiger partial charge is 0.344 e. The minimum atomic E-state index is -1.70. The van der Waals surface area contributed by atoms with E-state index in [2.05, 4.69) is 0 Å². The number of carbonyl (C=O) groups is 2. The fraction of sp³-hybridized carbons (Fsp3) is 0.333. The average molecular weight is 271 g/mol. The van der Waals surface area contributed by atoms with Crippen molar-refractivity contribution in [3.8, 4) is 0 Å². The van der Waals surface area contributed by atoms with E-state index in [0.717, 1.165) is 0 Å². The summed E-state index contributed by atoms with van der Waals surface area (Å²) < 4.78 is 3.43. The molecule has 17 heavy (non-hydrogen) atoms. The Hall–Kier alpha value is -1.06. The third-order valence-corrected chi connectivity index (χ3v) is 4.20. The first-order valence-corrected chi connectivity index (χ1v) is 5.89. The lowest BCUT2D eigenvalue weighted by molar-refractivity contribution is -0.144. The molecular weight excluding hydrogens is 263 g/mol. The van der Waals surface area contributed by atoms with E-state index >= 15 is 0 Å². The van der Waals surface area contributed by atoms with Gasteiger partial charge in [0.05, 0.1) is 5.92 Å². The predicted molar refractivity (Wildman–Crippen MR) is 62.4 cm³/mol. The van der Waals surface area contributed by atoms with E-state index in [9.17, 15) is 9.59 Å². The summed E-state index contributed by atoms with van der Waals surface area (Å²) in [7, 11) is 0. The first-order valence-electron chi connectivity index (χ1n) is 5.14. The van der Waals surface area contributed by atoms with Crippen LogP contribution in [0.1, 0.15) is 28.8 Å². The topological polar surface area (TPSA) is 43.4 Å². The first-order chi connectivity index (χ1) is 7.89. The number of hydrogen-bond acceptors (Lipinski definition) is 3. The third-order valence-electron chi connectivity index (χ3n) is 3.46. The molecule has 3 rings (SSSR count). The first kappa shape index (κ1) is 11.1. The molecule has 0 N–H and O–H groups in total. The highest BCUT2D eigenvalue weighted by Gasteiger charge is 2.69. The van der Waals surface area contributed by atoms with Crippen molar-refractivity contribution in [2.75, 3.05) is 0 Å². The van der Waals surface area contributed by atoms with Gasteiger partial charge in [-0.1, -0.05) is 47.5 Å². The molecule has 0 saturated carbocycles. The summed E-state index contributed by atoms with van der Waals surface area (Å²) in [5, 5.41) is 0. The molecule has 1 aromatic rings. The zero-order valence-corrected chi connectivity index (χ0v) is 10.4. The average Bonchev–Trinajstić information content (AvgIpc) is 2.59. The number of Topliss-reactive ketones (excluding diaryl/α,β-unsaturated/α-hetero) is 1. The fourth-order valence-electron chi connectivity index (χ4n) is 2.68. The Labute approximate surface area is 108 Å². The predicted octanol–water partition coefficient (Wildman–Crippen LogP) is 2.46. The summed E-state index contributed by atoms with van der Waals surface area (Å²) in [5.74, 6) is -1.64. The van der Waals surface area contributed by atoms with Gasteiger partial charge >= 0.3 is 5.97 Å². The number of carbonyl (C=O) groups excluding carboxylic acids is 2. The Morgan fingerprint density at radius 2 is 1.88 bits per heavy atom. The molecule has 0 amide bonds. The van der Waals surface area contributed by atoms with E-state index < -0.39 is 21.8 Å². The summed E-state index contributed by atoms with van der Waals surface area (Å²) in [4.78, 5) is 23.9. The Morgan fingerprint density at radius 1 is 1.24 bits per heavy atom. The van der Waals surface area contributed by atoms with Gasteiger partial charge in [0.2, 0.25) is 10.1 Å². The van der Waals surface area contributed by atoms with Gasteiger partial charge < -0.3 is 4.74 Å². The molecule has 0 spiro atoms. The SMILES string of the molecule is C[C@]12OC(=O)C(Cl)(Cl)[C@H]1c1ccccc1C2=O. The summed E-state index contributed by atoms with van der Waals surface area (Å²) in [6.45, 7) is 1.56. The highest BCUT2D eigenvalue weighted by atomic mass is 35.5. The largest absolute Gasteiger partial charge is 0.448 e. The molecule has 88 valence electrons. The van der Waals surface area contributed by atoms with Crippen LogP contribution in [0.25, 0.3) is 0 Å². The van der Waals surface area contributed by atoms with Crippen molar-refractivity contribution in [3.05, 3.63) is 35.4 Å². The molecule has 1 heterocycles. The van der Waals surface area contributed by atoms with Crippen LogP contribution >= 0.6 is 23.2 Å². The Balaban J connectivity index is 2.29. The molecule has 1 aliphatic heterocycles. The molecule has 3 nitrogen and oxygen atoms in total. The zero-order valence-electron chi connectivity index (χ0n) is 8.87. The number of alkyl halides is 2. The maximum atomic E-state index is 12.2. The third kappa shape index (κ3) is 1.14. The fourth-order valence-corrected chi connectivity index (χ4v) is 3.40. The van der Waals surface area contributed by atoms with Crippen LogP contribution in [-0.2, 0) is 9.53 Å². The Morgan fingerprint density at radius 3 is 2.59 bits per heavy atom. The van der Waals surface area contributed by atoms with Crippen LogP contribution in [0.3, 0.4) is 0 Å². The number of rotatable bonds is 0. The number of fused-ring (bicyclic) bond motifs is 3. The lowest BCUT2D eigenvalue weighted by atomic mass is 9.88. The van der Waals surface area contributed by atoms with Crippen LogP contribution in [0.4, 0.5) is 0 Å². The van der Waals surface area contributed by atoms with Crippen LogP contribution in [0.2, 0.25) is 0 Å². The monoisotopic (exact) mass is 270 g/mol. The number of hydrogen-bond donors (Lipinski definition) is 0. The van der Waals surface area contributed by atoms with Gasteiger partial charge in [0, 0.05) is 5.56 Å². The number of benzene rings is 1. The van der Waals surface area contributed by atoms with Crippen molar-refractivity contribution in [2.24, 2.45) is 0 Å². The molecule has 2 aliphatic rings. The van der Waals surface area contributed by atoms with Gasteiger partial charge in [0.25, 0.3) is 0 Å². The second-order valence-corrected chi connectivity index (χ2v) is 5.85. The Kier molecular flexibility index (Phi) is 1.97. The molecule has 1 aromatic carbocycles. The lowest BCUT2D eigenvalue weighted by Gasteiger charge is -2.22. The highest BCUT2D eigenvalue weighted by molar-refractivity contribution is 6.59. The summed E-state index contributed by atoms with van der Waals surface area (Å²) >= 11 is 12.1. The van der Waals surface area contributed by atoms with Crippen LogP contribution in [-0.4, -0.2) is 21.7 Å². The van der Waals surface area contributed by atoms with E-state index in [1.165, 1.54) is 0 Å². The van der Waals surface area contributed by atoms with E-state index in [4.69, 9.17) is 27.9 Å². The minimum Gasteiger partial charge on any atom is -0.448 e. The van der Waals surface area contributed by atoms with Gasteiger partial charge in [-0.15, -0.1) is 0 Å². The zero-order chi connectivity index (χ0) is 12.4. The lowest BCUT2D eigenvalue weighted by Crippen LogP contribution is -2.36. The molecule has 2 atom stereocenters. The second-order valence-electron chi connectivity index (χ2n) is 4.47. The number of halogens is 2. The van der Waals surface area contributed by atoms with Gasteiger partial charge in [-0.2, -0.15) is 0 Å². The quantitative estimate of drug-likeness (QED) is 0.537. The van der Waals surface area contributed by atoms with E-state index in [1.807, 2.05) is 0 Å². The Bertz CT molecular complexity index is 552. The molecule has 1 fully saturated rings. The van der Waals surface area contributed by atoms with Crippen molar-refractivity contribution < 1.29 is 14.3 Å². The van der Waals surface area contributed by atoms with Crippen molar-refractivity contribution in [1.29, 1.82) is 0 Å². The van der Waals surface area contributed by atoms with Gasteiger partial charge in [-0.3, -0.25) is 4.79 Å². The van der Waals surface area contributed by atoms with Gasteiger partial charge in [0.15, 0.2) is 5.60 Å². The number of ether oxygens (including phenoxy) is 1. The summed E-state index contributed by atoms with van der Waals surface area (Å²) in [6.07, 6.45) is 0. The van der Waals surface area contributed by atoms with Crippen LogP contribution < -0.4 is 0 Å². The van der Waals surface area contributed by atoms with Crippen molar-refractivity contribution in [2.45, 2.75) is 22.8 Å². The molecule has 0 aromatic heterocycles. The molecule has 1 saturated heterocycles. The van der Waals surface area contributed by atoms with Crippen molar-refractivity contribution in [3.63, 3.8) is 0 Å². The molecular formula is C12H8Cl2O3. The number of esters is 1. The van der Waals surface area contributed by atoms with Crippen LogP contribution in [0.5, 0.6) is 0 Å². The number of ketones is 1.